The minimum atomic E-state index is -3.70. The highest BCUT2D eigenvalue weighted by Crippen LogP contribution is 2.37. The van der Waals surface area contributed by atoms with E-state index in [4.69, 9.17) is 15.4 Å². The number of benzene rings is 3. The van der Waals surface area contributed by atoms with Crippen molar-refractivity contribution in [1.29, 1.82) is 0 Å². The zero-order valence-corrected chi connectivity index (χ0v) is 28.0. The lowest BCUT2D eigenvalue weighted by Gasteiger charge is -2.18. The van der Waals surface area contributed by atoms with Crippen molar-refractivity contribution >= 4 is 26.0 Å². The fraction of sp³-hybridized carbons (Fsp3) is 0.118. The zero-order chi connectivity index (χ0) is 34.9. The molecule has 0 saturated heterocycles. The highest BCUT2D eigenvalue weighted by Gasteiger charge is 2.28. The quantitative estimate of drug-likeness (QED) is 0.220. The Kier molecular flexibility index (Phi) is 9.00. The molecule has 0 unspecified atom stereocenters. The summed E-state index contributed by atoms with van der Waals surface area (Å²) in [6.07, 6.45) is 4.89. The second-order valence-electron chi connectivity index (χ2n) is 11.1. The number of hydrogen-bond acceptors (Lipinski definition) is 9. The van der Waals surface area contributed by atoms with Gasteiger partial charge in [0.1, 0.15) is 11.5 Å². The molecule has 3 aromatic heterocycles. The summed E-state index contributed by atoms with van der Waals surface area (Å²) < 4.78 is 55.8. The number of hydrogen-bond donors (Lipinski definition) is 3. The molecule has 0 saturated carbocycles. The lowest BCUT2D eigenvalue weighted by atomic mass is 9.90. The molecule has 5 N–H and O–H groups in total. The highest BCUT2D eigenvalue weighted by molar-refractivity contribution is 7.89. The maximum absolute atomic E-state index is 11.9. The summed E-state index contributed by atoms with van der Waals surface area (Å²) in [7, 11) is -5.87. The Morgan fingerprint density at radius 1 is 0.878 bits per heavy atom. The molecule has 0 bridgehead atoms. The number of amides is 1. The normalized spacial score (nSPS) is 12.4. The van der Waals surface area contributed by atoms with Crippen molar-refractivity contribution in [2.45, 2.75) is 29.6 Å². The number of pyridine rings is 1. The summed E-state index contributed by atoms with van der Waals surface area (Å²) in [5.74, 6) is 0.0825. The summed E-state index contributed by atoms with van der Waals surface area (Å²) in [5.41, 5.74) is 13.3. The zero-order valence-electron chi connectivity index (χ0n) is 26.4. The molecule has 13 nitrogen and oxygen atoms in total. The molecule has 3 aromatic carbocycles. The first-order valence-corrected chi connectivity index (χ1v) is 18.0. The van der Waals surface area contributed by atoms with Crippen LogP contribution in [-0.2, 0) is 32.9 Å². The van der Waals surface area contributed by atoms with E-state index in [0.29, 0.717) is 17.9 Å². The first-order valence-electron chi connectivity index (χ1n) is 14.9. The van der Waals surface area contributed by atoms with E-state index in [1.54, 1.807) is 35.1 Å². The van der Waals surface area contributed by atoms with E-state index in [0.717, 1.165) is 51.2 Å². The van der Waals surface area contributed by atoms with Gasteiger partial charge in [-0.1, -0.05) is 47.6 Å². The van der Waals surface area contributed by atoms with Crippen molar-refractivity contribution in [1.82, 2.24) is 24.6 Å². The molecule has 1 amide bonds. The fourth-order valence-electron chi connectivity index (χ4n) is 5.67. The van der Waals surface area contributed by atoms with Gasteiger partial charge in [0.05, 0.1) is 26.7 Å². The topological polar surface area (TPSA) is 206 Å². The Bertz CT molecular complexity index is 2390. The number of primary amides is 1. The number of sulfonamides is 2. The number of primary sulfonamides is 1. The molecule has 0 atom stereocenters. The molecule has 0 fully saturated rings. The predicted molar refractivity (Wildman–Crippen MR) is 182 cm³/mol. The maximum atomic E-state index is 11.9. The molecule has 250 valence electrons. The van der Waals surface area contributed by atoms with Crippen LogP contribution in [-0.4, -0.2) is 49.7 Å². The number of fused-ring (bicyclic) bond motifs is 3. The third-order valence-electron chi connectivity index (χ3n) is 8.06. The molecule has 15 heteroatoms. The van der Waals surface area contributed by atoms with Gasteiger partial charge in [-0.2, -0.15) is 5.10 Å². The smallest absolute Gasteiger partial charge is 0.269 e. The third kappa shape index (κ3) is 6.64. The van der Waals surface area contributed by atoms with Crippen molar-refractivity contribution in [3.8, 4) is 39.3 Å². The predicted octanol–water partition coefficient (Wildman–Crippen LogP) is 4.00. The standard InChI is InChI=1S/C18H17N5O3S.C16H14N2O3S/c1-20-27(25,26)13-5-3-12(4-6-13)23-17-14-8-9-21-10-11(14)2-7-15(17)16(22-23)18(19)24;1-11-15(12-7-9-14(10-8-12)22(17,19)20)16(18-21-11)13-5-3-2-4-6-13/h3-6,8-10,20H,2,7H2,1H3,(H2,19,24);2-10H,1H3,(H2,17,19,20). The fourth-order valence-corrected chi connectivity index (χ4v) is 6.91. The Morgan fingerprint density at radius 2 is 1.55 bits per heavy atom. The largest absolute Gasteiger partial charge is 0.364 e. The lowest BCUT2D eigenvalue weighted by Crippen LogP contribution is -2.18. The van der Waals surface area contributed by atoms with E-state index in [1.807, 2.05) is 49.5 Å². The van der Waals surface area contributed by atoms with Crippen molar-refractivity contribution in [2.75, 3.05) is 7.05 Å². The van der Waals surface area contributed by atoms with Gasteiger partial charge in [0.15, 0.2) is 5.69 Å². The summed E-state index contributed by atoms with van der Waals surface area (Å²) >= 11 is 0. The average molecular weight is 698 g/mol. The Balaban J connectivity index is 0.000000174. The second-order valence-corrected chi connectivity index (χ2v) is 14.5. The number of aryl methyl sites for hydroxylation is 2. The van der Waals surface area contributed by atoms with Gasteiger partial charge in [0.25, 0.3) is 5.91 Å². The van der Waals surface area contributed by atoms with Crippen LogP contribution in [0.25, 0.3) is 39.3 Å². The third-order valence-corrected chi connectivity index (χ3v) is 10.4. The van der Waals surface area contributed by atoms with Crippen LogP contribution in [0, 0.1) is 6.92 Å². The van der Waals surface area contributed by atoms with Gasteiger partial charge in [-0.05, 0) is 80.4 Å². The molecule has 3 heterocycles. The monoisotopic (exact) mass is 697 g/mol. The summed E-state index contributed by atoms with van der Waals surface area (Å²) in [6, 6.07) is 24.2. The summed E-state index contributed by atoms with van der Waals surface area (Å²) in [5, 5.41) is 13.7. The number of nitrogens with zero attached hydrogens (tertiary/aromatic N) is 4. The van der Waals surface area contributed by atoms with E-state index in [-0.39, 0.29) is 15.5 Å². The van der Waals surface area contributed by atoms with Crippen LogP contribution in [0.5, 0.6) is 0 Å². The molecule has 0 aliphatic heterocycles. The molecule has 7 rings (SSSR count). The van der Waals surface area contributed by atoms with Gasteiger partial charge in [-0.25, -0.2) is 31.4 Å². The van der Waals surface area contributed by atoms with Crippen LogP contribution in [0.1, 0.15) is 27.4 Å². The molecule has 1 aliphatic carbocycles. The number of aromatic nitrogens is 4. The van der Waals surface area contributed by atoms with E-state index < -0.39 is 26.0 Å². The molecular weight excluding hydrogens is 667 g/mol. The number of carbonyl (C=O) groups excluding carboxylic acids is 1. The van der Waals surface area contributed by atoms with Gasteiger partial charge in [0, 0.05) is 29.1 Å². The van der Waals surface area contributed by atoms with Crippen molar-refractivity contribution in [3.63, 3.8) is 0 Å². The Labute approximate surface area is 282 Å². The van der Waals surface area contributed by atoms with Crippen LogP contribution in [0.2, 0.25) is 0 Å². The summed E-state index contributed by atoms with van der Waals surface area (Å²) in [4.78, 5) is 16.3. The van der Waals surface area contributed by atoms with E-state index in [1.165, 1.54) is 31.3 Å². The van der Waals surface area contributed by atoms with Gasteiger partial charge in [0.2, 0.25) is 20.0 Å². The number of carbonyl (C=O) groups is 1. The van der Waals surface area contributed by atoms with Gasteiger partial charge >= 0.3 is 0 Å². The number of nitrogens with two attached hydrogens (primary N) is 2. The first kappa shape index (κ1) is 33.4. The Morgan fingerprint density at radius 3 is 2.18 bits per heavy atom. The number of rotatable bonds is 7. The van der Waals surface area contributed by atoms with Crippen molar-refractivity contribution in [2.24, 2.45) is 10.9 Å². The molecular formula is C34H31N7O6S2. The summed E-state index contributed by atoms with van der Waals surface area (Å²) in [6.45, 7) is 1.82. The maximum Gasteiger partial charge on any atom is 0.269 e. The van der Waals surface area contributed by atoms with Gasteiger partial charge in [-0.3, -0.25) is 9.78 Å². The average Bonchev–Trinajstić information content (AvgIpc) is 3.70. The van der Waals surface area contributed by atoms with E-state index >= 15 is 0 Å². The van der Waals surface area contributed by atoms with Crippen LogP contribution < -0.4 is 15.6 Å². The minimum absolute atomic E-state index is 0.0756. The van der Waals surface area contributed by atoms with Crippen molar-refractivity contribution in [3.05, 3.63) is 120 Å². The molecule has 49 heavy (non-hydrogen) atoms. The molecule has 1 aliphatic rings. The number of nitrogens with one attached hydrogen (secondary N) is 1. The van der Waals surface area contributed by atoms with Crippen LogP contribution in [0.4, 0.5) is 0 Å². The molecule has 0 spiro atoms. The van der Waals surface area contributed by atoms with Gasteiger partial charge in [-0.15, -0.1) is 0 Å². The SMILES string of the molecule is CNS(=O)(=O)c1ccc(-n2nc(C(N)=O)c3c2-c2ccncc2CC3)cc1.Cc1onc(-c2ccccc2)c1-c1ccc(S(N)(=O)=O)cc1. The second kappa shape index (κ2) is 13.2. The van der Waals surface area contributed by atoms with E-state index in [9.17, 15) is 21.6 Å². The minimum Gasteiger partial charge on any atom is -0.364 e. The van der Waals surface area contributed by atoms with Crippen LogP contribution >= 0.6 is 0 Å². The van der Waals surface area contributed by atoms with E-state index in [2.05, 4.69) is 20.0 Å². The lowest BCUT2D eigenvalue weighted by molar-refractivity contribution is 0.0994. The van der Waals surface area contributed by atoms with Crippen molar-refractivity contribution < 1.29 is 26.2 Å². The van der Waals surface area contributed by atoms with Crippen LogP contribution in [0.3, 0.4) is 0 Å². The molecule has 0 radical (unpaired) electrons. The highest BCUT2D eigenvalue weighted by atomic mass is 32.2. The Hall–Kier alpha value is -5.48. The molecule has 6 aromatic rings. The van der Waals surface area contributed by atoms with Gasteiger partial charge < -0.3 is 10.3 Å². The first-order chi connectivity index (χ1) is 23.4. The van der Waals surface area contributed by atoms with Crippen LogP contribution in [0.15, 0.2) is 112 Å².